The van der Waals surface area contributed by atoms with Crippen molar-refractivity contribution in [1.82, 2.24) is 0 Å². The van der Waals surface area contributed by atoms with E-state index in [1.54, 1.807) is 72.8 Å². The summed E-state index contributed by atoms with van der Waals surface area (Å²) in [5, 5.41) is 0. The lowest BCUT2D eigenvalue weighted by Gasteiger charge is -2.37. The maximum absolute atomic E-state index is 12.6. The van der Waals surface area contributed by atoms with Crippen LogP contribution in [0.15, 0.2) is 97.1 Å². The van der Waals surface area contributed by atoms with E-state index < -0.39 is 29.3 Å². The third-order valence-corrected chi connectivity index (χ3v) is 7.15. The number of rotatable bonds is 9. The molecule has 0 bridgehead atoms. The Kier molecular flexibility index (Phi) is 9.17. The van der Waals surface area contributed by atoms with Gasteiger partial charge in [-0.25, -0.2) is 19.2 Å². The molecule has 0 saturated carbocycles. The van der Waals surface area contributed by atoms with Crippen LogP contribution in [0.5, 0.6) is 0 Å². The molecule has 0 spiro atoms. The van der Waals surface area contributed by atoms with E-state index in [1.807, 2.05) is 24.3 Å². The van der Waals surface area contributed by atoms with Crippen molar-refractivity contribution in [2.24, 2.45) is 0 Å². The van der Waals surface area contributed by atoms with Gasteiger partial charge in [0.15, 0.2) is 0 Å². The molecule has 0 aliphatic rings. The van der Waals surface area contributed by atoms with Gasteiger partial charge in [0.1, 0.15) is 0 Å². The van der Waals surface area contributed by atoms with E-state index in [0.717, 1.165) is 5.56 Å². The van der Waals surface area contributed by atoms with Gasteiger partial charge in [0, 0.05) is 5.41 Å². The number of esters is 4. The summed E-state index contributed by atoms with van der Waals surface area (Å²) in [5.41, 5.74) is 3.01. The Hall–Kier alpha value is -5.24. The highest BCUT2D eigenvalue weighted by Crippen LogP contribution is 2.43. The first-order valence-corrected chi connectivity index (χ1v) is 13.0. The lowest BCUT2D eigenvalue weighted by Crippen LogP contribution is -2.33. The van der Waals surface area contributed by atoms with Crippen molar-refractivity contribution in [3.63, 3.8) is 0 Å². The van der Waals surface area contributed by atoms with Crippen LogP contribution >= 0.6 is 0 Å². The van der Waals surface area contributed by atoms with Crippen LogP contribution in [0.3, 0.4) is 0 Å². The van der Waals surface area contributed by atoms with Gasteiger partial charge < -0.3 is 18.9 Å². The fourth-order valence-electron chi connectivity index (χ4n) is 5.13. The third-order valence-electron chi connectivity index (χ3n) is 7.15. The Balaban J connectivity index is 2.11. The van der Waals surface area contributed by atoms with Gasteiger partial charge in [0.05, 0.1) is 50.7 Å². The summed E-state index contributed by atoms with van der Waals surface area (Å²) in [4.78, 5) is 50.4. The molecule has 0 radical (unpaired) electrons. The number of benzene rings is 4. The van der Waals surface area contributed by atoms with Crippen LogP contribution in [0.4, 0.5) is 0 Å². The van der Waals surface area contributed by atoms with Gasteiger partial charge in [-0.2, -0.15) is 0 Å². The first-order chi connectivity index (χ1) is 20.3. The molecule has 4 aromatic rings. The van der Waals surface area contributed by atoms with E-state index in [0.29, 0.717) is 38.9 Å². The predicted octanol–water partition coefficient (Wildman–Crippen LogP) is 5.41. The van der Waals surface area contributed by atoms with Gasteiger partial charge in [0.2, 0.25) is 0 Å². The summed E-state index contributed by atoms with van der Waals surface area (Å²) in [6, 6.07) is 28.0. The van der Waals surface area contributed by atoms with E-state index >= 15 is 0 Å². The van der Waals surface area contributed by atoms with E-state index in [2.05, 4.69) is 0 Å². The first-order valence-electron chi connectivity index (χ1n) is 13.0. The normalized spacial score (nSPS) is 10.9. The number of hydrogen-bond acceptors (Lipinski definition) is 8. The van der Waals surface area contributed by atoms with Gasteiger partial charge in [-0.3, -0.25) is 0 Å². The fourth-order valence-corrected chi connectivity index (χ4v) is 5.13. The minimum atomic E-state index is -1.09. The zero-order chi connectivity index (χ0) is 30.3. The highest BCUT2D eigenvalue weighted by atomic mass is 16.5. The third kappa shape index (κ3) is 5.93. The molecule has 4 aromatic carbocycles. The Bertz CT molecular complexity index is 1490. The number of methoxy groups -OCH3 is 4. The van der Waals surface area contributed by atoms with Crippen molar-refractivity contribution >= 4 is 23.9 Å². The van der Waals surface area contributed by atoms with E-state index in [4.69, 9.17) is 18.9 Å². The maximum atomic E-state index is 12.6. The van der Waals surface area contributed by atoms with Crippen molar-refractivity contribution in [3.8, 4) is 0 Å². The molecule has 0 fully saturated rings. The molecular formula is C34H30O8. The van der Waals surface area contributed by atoms with Crippen LogP contribution in [0, 0.1) is 0 Å². The van der Waals surface area contributed by atoms with Crippen LogP contribution in [0.25, 0.3) is 0 Å². The van der Waals surface area contributed by atoms with Crippen molar-refractivity contribution in [3.05, 3.63) is 142 Å². The molecule has 0 amide bonds. The van der Waals surface area contributed by atoms with E-state index in [9.17, 15) is 19.2 Å². The Labute approximate surface area is 243 Å². The van der Waals surface area contributed by atoms with Gasteiger partial charge >= 0.3 is 23.9 Å². The topological polar surface area (TPSA) is 105 Å². The van der Waals surface area contributed by atoms with Crippen LogP contribution in [-0.4, -0.2) is 52.3 Å². The van der Waals surface area contributed by atoms with Crippen molar-refractivity contribution in [2.45, 2.75) is 11.8 Å². The highest BCUT2D eigenvalue weighted by molar-refractivity contribution is 5.92. The average molecular weight is 567 g/mol. The summed E-state index contributed by atoms with van der Waals surface area (Å²) < 4.78 is 20.0. The summed E-state index contributed by atoms with van der Waals surface area (Å²) in [7, 11) is 5.23. The SMILES string of the molecule is COC(=O)c1cccc(CC(c2cccc(C(=O)OC)c2)(c2cccc(C(=O)OC)c2)c2cccc(C(=O)OC)c2)c1. The average Bonchev–Trinajstić information content (AvgIpc) is 3.05. The van der Waals surface area contributed by atoms with Crippen molar-refractivity contribution < 1.29 is 38.1 Å². The summed E-state index contributed by atoms with van der Waals surface area (Å²) in [5.74, 6) is -2.06. The molecular weight excluding hydrogens is 536 g/mol. The predicted molar refractivity (Wildman–Crippen MR) is 155 cm³/mol. The lowest BCUT2D eigenvalue weighted by molar-refractivity contribution is 0.0591. The van der Waals surface area contributed by atoms with Gasteiger partial charge in [-0.1, -0.05) is 48.5 Å². The molecule has 0 aromatic heterocycles. The second-order valence-corrected chi connectivity index (χ2v) is 9.49. The fraction of sp³-hybridized carbons (Fsp3) is 0.176. The second kappa shape index (κ2) is 13.0. The maximum Gasteiger partial charge on any atom is 0.337 e. The number of hydrogen-bond donors (Lipinski definition) is 0. The molecule has 0 heterocycles. The highest BCUT2D eigenvalue weighted by Gasteiger charge is 2.38. The Morgan fingerprint density at radius 2 is 0.786 bits per heavy atom. The van der Waals surface area contributed by atoms with E-state index in [1.165, 1.54) is 28.4 Å². The molecule has 8 nitrogen and oxygen atoms in total. The molecule has 0 aliphatic carbocycles. The molecule has 8 heteroatoms. The molecule has 0 atom stereocenters. The summed E-state index contributed by atoms with van der Waals surface area (Å²) >= 11 is 0. The van der Waals surface area contributed by atoms with E-state index in [-0.39, 0.29) is 6.42 Å². The Morgan fingerprint density at radius 1 is 0.476 bits per heavy atom. The standard InChI is InChI=1S/C34H30O8/c1-39-30(35)23-10-5-9-22(17-23)21-34(27-14-6-11-24(18-27)31(36)40-2,28-15-7-12-25(19-28)32(37)41-3)29-16-8-13-26(20-29)33(38)42-4/h5-20H,21H2,1-4H3. The van der Waals surface area contributed by atoms with Crippen LogP contribution < -0.4 is 0 Å². The Morgan fingerprint density at radius 3 is 1.12 bits per heavy atom. The monoisotopic (exact) mass is 566 g/mol. The molecule has 0 aliphatic heterocycles. The molecule has 0 unspecified atom stereocenters. The molecule has 4 rings (SSSR count). The minimum Gasteiger partial charge on any atom is -0.465 e. The van der Waals surface area contributed by atoms with Gasteiger partial charge in [-0.15, -0.1) is 0 Å². The number of carbonyl (C=O) groups is 4. The van der Waals surface area contributed by atoms with Gasteiger partial charge in [-0.05, 0) is 77.2 Å². The van der Waals surface area contributed by atoms with Crippen molar-refractivity contribution in [2.75, 3.05) is 28.4 Å². The van der Waals surface area contributed by atoms with Crippen LogP contribution in [0.1, 0.15) is 63.7 Å². The molecule has 214 valence electrons. The zero-order valence-corrected chi connectivity index (χ0v) is 23.7. The number of ether oxygens (including phenoxy) is 4. The largest absolute Gasteiger partial charge is 0.465 e. The molecule has 0 N–H and O–H groups in total. The first kappa shape index (κ1) is 29.7. The second-order valence-electron chi connectivity index (χ2n) is 9.49. The van der Waals surface area contributed by atoms with Gasteiger partial charge in [0.25, 0.3) is 0 Å². The molecule has 42 heavy (non-hydrogen) atoms. The van der Waals surface area contributed by atoms with Crippen molar-refractivity contribution in [1.29, 1.82) is 0 Å². The quantitative estimate of drug-likeness (QED) is 0.150. The zero-order valence-electron chi connectivity index (χ0n) is 23.7. The lowest BCUT2D eigenvalue weighted by atomic mass is 9.65. The molecule has 0 saturated heterocycles. The van der Waals surface area contributed by atoms with Crippen LogP contribution in [0.2, 0.25) is 0 Å². The summed E-state index contributed by atoms with van der Waals surface area (Å²) in [6.45, 7) is 0. The van der Waals surface area contributed by atoms with Crippen LogP contribution in [-0.2, 0) is 30.8 Å². The number of carbonyl (C=O) groups excluding carboxylic acids is 4. The minimum absolute atomic E-state index is 0.262. The summed E-state index contributed by atoms with van der Waals surface area (Å²) in [6.07, 6.45) is 0.262. The smallest absolute Gasteiger partial charge is 0.337 e.